The molecule has 84 valence electrons. The lowest BCUT2D eigenvalue weighted by Crippen LogP contribution is -1.99. The van der Waals surface area contributed by atoms with Gasteiger partial charge in [0.1, 0.15) is 5.15 Å². The summed E-state index contributed by atoms with van der Waals surface area (Å²) in [6.45, 7) is 0. The van der Waals surface area contributed by atoms with E-state index < -0.39 is 0 Å². The zero-order valence-corrected chi connectivity index (χ0v) is 9.67. The molecular weight excluding hydrogens is 236 g/mol. The minimum absolute atomic E-state index is 0.460. The molecule has 0 N–H and O–H groups in total. The molecule has 0 amide bonds. The van der Waals surface area contributed by atoms with E-state index in [0.29, 0.717) is 11.6 Å². The number of fused-ring (bicyclic) bond motifs is 1. The van der Waals surface area contributed by atoms with Gasteiger partial charge in [0.15, 0.2) is 5.65 Å². The molecule has 0 saturated carbocycles. The number of halogens is 1. The van der Waals surface area contributed by atoms with Gasteiger partial charge >= 0.3 is 0 Å². The second kappa shape index (κ2) is 4.14. The largest absolute Gasteiger partial charge is 0.261 e. The molecule has 0 bridgehead atoms. The van der Waals surface area contributed by atoms with Crippen LogP contribution >= 0.6 is 11.6 Å². The second-order valence-corrected chi connectivity index (χ2v) is 4.07. The van der Waals surface area contributed by atoms with Crippen LogP contribution in [0, 0.1) is 0 Å². The van der Waals surface area contributed by atoms with Crippen LogP contribution in [0.25, 0.3) is 5.65 Å². The SMILES string of the molecule is Clc1cc(Cc2ccccn2)c2nccn2n1. The van der Waals surface area contributed by atoms with Crippen LogP contribution in [-0.4, -0.2) is 19.6 Å². The van der Waals surface area contributed by atoms with Gasteiger partial charge < -0.3 is 0 Å². The first kappa shape index (κ1) is 10.2. The van der Waals surface area contributed by atoms with E-state index in [1.807, 2.05) is 24.3 Å². The summed E-state index contributed by atoms with van der Waals surface area (Å²) >= 11 is 5.97. The third-order valence-corrected chi connectivity index (χ3v) is 2.69. The number of rotatable bonds is 2. The highest BCUT2D eigenvalue weighted by molar-refractivity contribution is 6.29. The van der Waals surface area contributed by atoms with Crippen molar-refractivity contribution in [2.45, 2.75) is 6.42 Å². The Labute approximate surface area is 103 Å². The summed E-state index contributed by atoms with van der Waals surface area (Å²) in [5.41, 5.74) is 2.83. The monoisotopic (exact) mass is 244 g/mol. The third-order valence-electron chi connectivity index (χ3n) is 2.50. The van der Waals surface area contributed by atoms with E-state index >= 15 is 0 Å². The van der Waals surface area contributed by atoms with Gasteiger partial charge in [-0.3, -0.25) is 4.98 Å². The maximum absolute atomic E-state index is 5.97. The van der Waals surface area contributed by atoms with Crippen molar-refractivity contribution in [1.82, 2.24) is 19.6 Å². The number of nitrogens with zero attached hydrogens (tertiary/aromatic N) is 4. The van der Waals surface area contributed by atoms with E-state index in [2.05, 4.69) is 15.1 Å². The van der Waals surface area contributed by atoms with Gasteiger partial charge in [-0.2, -0.15) is 5.10 Å². The van der Waals surface area contributed by atoms with Gasteiger partial charge in [-0.1, -0.05) is 17.7 Å². The summed E-state index contributed by atoms with van der Waals surface area (Å²) in [6, 6.07) is 7.67. The first-order chi connectivity index (χ1) is 8.33. The Hall–Kier alpha value is -1.94. The van der Waals surface area contributed by atoms with Crippen molar-refractivity contribution in [3.63, 3.8) is 0 Å². The number of hydrogen-bond acceptors (Lipinski definition) is 3. The van der Waals surface area contributed by atoms with Gasteiger partial charge in [-0.25, -0.2) is 9.50 Å². The molecule has 0 atom stereocenters. The van der Waals surface area contributed by atoms with Crippen molar-refractivity contribution in [3.8, 4) is 0 Å². The van der Waals surface area contributed by atoms with Gasteiger partial charge in [0.25, 0.3) is 0 Å². The molecule has 0 aromatic carbocycles. The molecule has 0 radical (unpaired) electrons. The predicted octanol–water partition coefficient (Wildman–Crippen LogP) is 2.37. The van der Waals surface area contributed by atoms with Gasteiger partial charge in [0.2, 0.25) is 0 Å². The minimum Gasteiger partial charge on any atom is -0.261 e. The molecule has 3 aromatic heterocycles. The van der Waals surface area contributed by atoms with Crippen molar-refractivity contribution in [1.29, 1.82) is 0 Å². The Bertz CT molecular complexity index is 648. The van der Waals surface area contributed by atoms with Crippen molar-refractivity contribution < 1.29 is 0 Å². The summed E-state index contributed by atoms with van der Waals surface area (Å²) in [6.07, 6.45) is 5.97. The Morgan fingerprint density at radius 2 is 2.12 bits per heavy atom. The van der Waals surface area contributed by atoms with Crippen LogP contribution < -0.4 is 0 Å². The van der Waals surface area contributed by atoms with E-state index in [-0.39, 0.29) is 0 Å². The first-order valence-corrected chi connectivity index (χ1v) is 5.59. The molecule has 3 rings (SSSR count). The predicted molar refractivity (Wildman–Crippen MR) is 65.0 cm³/mol. The number of aromatic nitrogens is 4. The Morgan fingerprint density at radius 3 is 2.94 bits per heavy atom. The Balaban J connectivity index is 2.08. The van der Waals surface area contributed by atoms with E-state index in [1.54, 1.807) is 23.1 Å². The molecule has 3 aromatic rings. The highest BCUT2D eigenvalue weighted by atomic mass is 35.5. The average molecular weight is 245 g/mol. The molecule has 17 heavy (non-hydrogen) atoms. The van der Waals surface area contributed by atoms with Gasteiger partial charge in [0.05, 0.1) is 0 Å². The van der Waals surface area contributed by atoms with Crippen LogP contribution in [0.3, 0.4) is 0 Å². The fraction of sp³-hybridized carbons (Fsp3) is 0.0833. The summed E-state index contributed by atoms with van der Waals surface area (Å²) in [5, 5.41) is 4.60. The van der Waals surface area contributed by atoms with E-state index in [1.165, 1.54) is 0 Å². The molecule has 5 heteroatoms. The summed E-state index contributed by atoms with van der Waals surface area (Å²) in [5.74, 6) is 0. The quantitative estimate of drug-likeness (QED) is 0.695. The zero-order valence-electron chi connectivity index (χ0n) is 8.92. The van der Waals surface area contributed by atoms with Crippen LogP contribution in [0.15, 0.2) is 42.9 Å². The van der Waals surface area contributed by atoms with Crippen molar-refractivity contribution in [2.75, 3.05) is 0 Å². The molecule has 0 spiro atoms. The Kier molecular flexibility index (Phi) is 2.49. The van der Waals surface area contributed by atoms with Crippen LogP contribution in [0.2, 0.25) is 5.15 Å². The van der Waals surface area contributed by atoms with Gasteiger partial charge in [-0.05, 0) is 18.2 Å². The average Bonchev–Trinajstić information content (AvgIpc) is 2.78. The summed E-state index contributed by atoms with van der Waals surface area (Å²) in [4.78, 5) is 8.56. The van der Waals surface area contributed by atoms with Crippen molar-refractivity contribution in [2.24, 2.45) is 0 Å². The summed E-state index contributed by atoms with van der Waals surface area (Å²) in [7, 11) is 0. The fourth-order valence-corrected chi connectivity index (χ4v) is 1.99. The normalized spacial score (nSPS) is 10.9. The van der Waals surface area contributed by atoms with E-state index in [4.69, 9.17) is 11.6 Å². The number of hydrogen-bond donors (Lipinski definition) is 0. The minimum atomic E-state index is 0.460. The smallest absolute Gasteiger partial charge is 0.157 e. The van der Waals surface area contributed by atoms with E-state index in [0.717, 1.165) is 16.9 Å². The standard InChI is InChI=1S/C12H9ClN4/c13-11-8-9(7-10-3-1-2-4-14-10)12-15-5-6-17(12)16-11/h1-6,8H,7H2. The number of imidazole rings is 1. The highest BCUT2D eigenvalue weighted by Gasteiger charge is 2.07. The lowest BCUT2D eigenvalue weighted by atomic mass is 10.1. The topological polar surface area (TPSA) is 43.1 Å². The molecule has 0 aliphatic rings. The van der Waals surface area contributed by atoms with Crippen molar-refractivity contribution in [3.05, 3.63) is 59.3 Å². The lowest BCUT2D eigenvalue weighted by Gasteiger charge is -2.03. The third kappa shape index (κ3) is 1.99. The molecule has 0 fully saturated rings. The first-order valence-electron chi connectivity index (χ1n) is 5.21. The second-order valence-electron chi connectivity index (χ2n) is 3.69. The maximum Gasteiger partial charge on any atom is 0.157 e. The maximum atomic E-state index is 5.97. The highest BCUT2D eigenvalue weighted by Crippen LogP contribution is 2.16. The van der Waals surface area contributed by atoms with E-state index in [9.17, 15) is 0 Å². The van der Waals surface area contributed by atoms with Crippen LogP contribution in [0.4, 0.5) is 0 Å². The lowest BCUT2D eigenvalue weighted by molar-refractivity contribution is 0.915. The molecule has 4 nitrogen and oxygen atoms in total. The molecule has 0 unspecified atom stereocenters. The van der Waals surface area contributed by atoms with Gasteiger partial charge in [-0.15, -0.1) is 0 Å². The fourth-order valence-electron chi connectivity index (χ4n) is 1.78. The zero-order chi connectivity index (χ0) is 11.7. The van der Waals surface area contributed by atoms with Crippen LogP contribution in [-0.2, 0) is 6.42 Å². The Morgan fingerprint density at radius 1 is 1.18 bits per heavy atom. The van der Waals surface area contributed by atoms with Crippen LogP contribution in [0.5, 0.6) is 0 Å². The molecule has 0 aliphatic carbocycles. The van der Waals surface area contributed by atoms with Crippen LogP contribution in [0.1, 0.15) is 11.3 Å². The van der Waals surface area contributed by atoms with Gasteiger partial charge in [0, 0.05) is 36.3 Å². The molecule has 0 saturated heterocycles. The summed E-state index contributed by atoms with van der Waals surface area (Å²) < 4.78 is 1.68. The van der Waals surface area contributed by atoms with Crippen molar-refractivity contribution >= 4 is 17.2 Å². The molecule has 3 heterocycles. The molecular formula is C12H9ClN4. The molecule has 0 aliphatic heterocycles. The number of pyridine rings is 1.